The van der Waals surface area contributed by atoms with E-state index in [1.165, 1.54) is 19.3 Å². The lowest BCUT2D eigenvalue weighted by atomic mass is 9.86. The highest BCUT2D eigenvalue weighted by molar-refractivity contribution is 6.35. The Morgan fingerprint density at radius 1 is 1.00 bits per heavy atom. The van der Waals surface area contributed by atoms with Crippen LogP contribution in [0.15, 0.2) is 35.4 Å². The molecule has 0 N–H and O–H groups in total. The summed E-state index contributed by atoms with van der Waals surface area (Å²) in [6, 6.07) is 9.71. The summed E-state index contributed by atoms with van der Waals surface area (Å²) in [7, 11) is 3.29. The van der Waals surface area contributed by atoms with Gasteiger partial charge in [-0.15, -0.1) is 0 Å². The Labute approximate surface area is 192 Å². The molecule has 3 aliphatic rings. The molecule has 1 aliphatic carbocycles. The second kappa shape index (κ2) is 8.44. The summed E-state index contributed by atoms with van der Waals surface area (Å²) in [5.41, 5.74) is 3.02. The largest absolute Gasteiger partial charge is 0.493 e. The van der Waals surface area contributed by atoms with Gasteiger partial charge in [-0.2, -0.15) is 5.10 Å². The monoisotopic (exact) mass is 460 g/mol. The van der Waals surface area contributed by atoms with Crippen LogP contribution in [0.2, 0.25) is 10.0 Å². The van der Waals surface area contributed by atoms with Crippen LogP contribution in [0.4, 0.5) is 0 Å². The second-order valence-electron chi connectivity index (χ2n) is 8.43. The third-order valence-corrected chi connectivity index (χ3v) is 7.11. The van der Waals surface area contributed by atoms with Gasteiger partial charge in [0.2, 0.25) is 0 Å². The van der Waals surface area contributed by atoms with E-state index in [1.807, 2.05) is 24.3 Å². The Bertz CT molecular complexity index is 1020. The van der Waals surface area contributed by atoms with Crippen LogP contribution in [-0.4, -0.2) is 31.2 Å². The molecule has 2 aromatic rings. The van der Waals surface area contributed by atoms with E-state index in [4.69, 9.17) is 42.5 Å². The number of hydrogen-bond acceptors (Lipinski definition) is 5. The maximum Gasteiger partial charge on any atom is 0.190 e. The molecule has 0 unspecified atom stereocenters. The first-order chi connectivity index (χ1) is 15.1. The van der Waals surface area contributed by atoms with Crippen molar-refractivity contribution >= 4 is 28.9 Å². The van der Waals surface area contributed by atoms with Crippen LogP contribution >= 0.6 is 23.2 Å². The highest BCUT2D eigenvalue weighted by Gasteiger charge is 2.44. The van der Waals surface area contributed by atoms with E-state index in [-0.39, 0.29) is 12.3 Å². The molecular formula is C24H26Cl2N2O3. The van der Waals surface area contributed by atoms with E-state index in [0.717, 1.165) is 41.9 Å². The van der Waals surface area contributed by atoms with Crippen molar-refractivity contribution in [1.29, 1.82) is 0 Å². The quantitative estimate of drug-likeness (QED) is 0.524. The summed E-state index contributed by atoms with van der Waals surface area (Å²) in [5, 5.41) is 8.40. The van der Waals surface area contributed by atoms with E-state index in [2.05, 4.69) is 5.01 Å². The molecule has 1 fully saturated rings. The van der Waals surface area contributed by atoms with E-state index < -0.39 is 0 Å². The minimum Gasteiger partial charge on any atom is -0.493 e. The molecule has 2 aromatic carbocycles. The molecule has 31 heavy (non-hydrogen) atoms. The topological polar surface area (TPSA) is 43.3 Å². The lowest BCUT2D eigenvalue weighted by molar-refractivity contribution is -0.0642. The van der Waals surface area contributed by atoms with Gasteiger partial charge in [-0.05, 0) is 43.2 Å². The van der Waals surface area contributed by atoms with Gasteiger partial charge in [-0.25, -0.2) is 5.01 Å². The summed E-state index contributed by atoms with van der Waals surface area (Å²) < 4.78 is 17.4. The Morgan fingerprint density at radius 2 is 1.77 bits per heavy atom. The van der Waals surface area contributed by atoms with Gasteiger partial charge in [0.05, 0.1) is 31.0 Å². The lowest BCUT2D eigenvalue weighted by Crippen LogP contribution is -2.46. The Morgan fingerprint density at radius 3 is 2.52 bits per heavy atom. The van der Waals surface area contributed by atoms with E-state index in [9.17, 15) is 0 Å². The average Bonchev–Trinajstić information content (AvgIpc) is 3.24. The molecule has 0 spiro atoms. The second-order valence-corrected chi connectivity index (χ2v) is 9.27. The van der Waals surface area contributed by atoms with Crippen molar-refractivity contribution in [3.05, 3.63) is 51.5 Å². The van der Waals surface area contributed by atoms with Gasteiger partial charge in [0.1, 0.15) is 5.75 Å². The molecule has 2 atom stereocenters. The third kappa shape index (κ3) is 3.72. The first kappa shape index (κ1) is 20.8. The number of rotatable bonds is 4. The van der Waals surface area contributed by atoms with Gasteiger partial charge in [0.25, 0.3) is 0 Å². The van der Waals surface area contributed by atoms with Crippen molar-refractivity contribution in [1.82, 2.24) is 5.01 Å². The number of hydrazone groups is 1. The minimum absolute atomic E-state index is 0.0509. The molecule has 5 nitrogen and oxygen atoms in total. The van der Waals surface area contributed by atoms with Crippen LogP contribution in [0.1, 0.15) is 55.7 Å². The van der Waals surface area contributed by atoms with Crippen molar-refractivity contribution in [3.63, 3.8) is 0 Å². The van der Waals surface area contributed by atoms with Gasteiger partial charge < -0.3 is 14.2 Å². The minimum atomic E-state index is -0.117. The molecule has 5 rings (SSSR count). The zero-order valence-corrected chi connectivity index (χ0v) is 19.2. The van der Waals surface area contributed by atoms with Crippen LogP contribution < -0.4 is 14.2 Å². The van der Waals surface area contributed by atoms with E-state index >= 15 is 0 Å². The summed E-state index contributed by atoms with van der Waals surface area (Å²) in [6.45, 7) is 0. The maximum absolute atomic E-state index is 6.57. The van der Waals surface area contributed by atoms with Crippen LogP contribution in [0.5, 0.6) is 17.2 Å². The fourth-order valence-corrected chi connectivity index (χ4v) is 5.62. The fraction of sp³-hybridized carbons (Fsp3) is 0.458. The van der Waals surface area contributed by atoms with Crippen molar-refractivity contribution in [2.24, 2.45) is 11.0 Å². The first-order valence-electron chi connectivity index (χ1n) is 10.8. The maximum atomic E-state index is 6.57. The van der Waals surface area contributed by atoms with Crippen molar-refractivity contribution in [2.45, 2.75) is 50.8 Å². The number of ether oxygens (including phenoxy) is 3. The van der Waals surface area contributed by atoms with Gasteiger partial charge >= 0.3 is 0 Å². The number of methoxy groups -OCH3 is 2. The molecule has 164 valence electrons. The Balaban J connectivity index is 1.55. The third-order valence-electron chi connectivity index (χ3n) is 6.61. The van der Waals surface area contributed by atoms with Crippen molar-refractivity contribution in [2.75, 3.05) is 14.2 Å². The van der Waals surface area contributed by atoms with Crippen molar-refractivity contribution < 1.29 is 14.2 Å². The standard InChI is InChI=1S/C24H26Cl2N2O3/c1-29-21-9-8-15(10-22(21)30-2)19-13-20-17-11-16(25)12-18(26)23(17)31-24(28(20)27-19)14-6-4-3-5-7-14/h8-12,14,20,24H,3-7,13H2,1-2H3/t20-,24-/m0/s1. The lowest BCUT2D eigenvalue weighted by Gasteiger charge is -2.43. The number of hydrogen-bond donors (Lipinski definition) is 0. The summed E-state index contributed by atoms with van der Waals surface area (Å²) in [5.74, 6) is 2.59. The molecule has 0 amide bonds. The highest BCUT2D eigenvalue weighted by atomic mass is 35.5. The Kier molecular flexibility index (Phi) is 5.65. The number of fused-ring (bicyclic) bond motifs is 3. The van der Waals surface area contributed by atoms with Crippen LogP contribution in [0.25, 0.3) is 0 Å². The van der Waals surface area contributed by atoms with E-state index in [0.29, 0.717) is 27.5 Å². The first-order valence-corrected chi connectivity index (χ1v) is 11.6. The summed E-state index contributed by atoms with van der Waals surface area (Å²) in [4.78, 5) is 0. The van der Waals surface area contributed by atoms with Gasteiger partial charge in [-0.3, -0.25) is 0 Å². The highest BCUT2D eigenvalue weighted by Crippen LogP contribution is 2.49. The number of benzene rings is 2. The molecule has 0 bridgehead atoms. The number of nitrogens with zero attached hydrogens (tertiary/aromatic N) is 2. The molecule has 1 saturated carbocycles. The van der Waals surface area contributed by atoms with E-state index in [1.54, 1.807) is 20.3 Å². The predicted molar refractivity (Wildman–Crippen MR) is 123 cm³/mol. The van der Waals surface area contributed by atoms with Crippen LogP contribution in [0.3, 0.4) is 0 Å². The van der Waals surface area contributed by atoms with Gasteiger partial charge in [-0.1, -0.05) is 42.5 Å². The predicted octanol–water partition coefficient (Wildman–Crippen LogP) is 6.46. The fourth-order valence-electron chi connectivity index (χ4n) is 5.06. The SMILES string of the molecule is COc1ccc(C2=NN3[C@@H](C2)c2cc(Cl)cc(Cl)c2O[C@H]3C2CCCCC2)cc1OC. The van der Waals surface area contributed by atoms with Crippen LogP contribution in [-0.2, 0) is 0 Å². The molecule has 7 heteroatoms. The smallest absolute Gasteiger partial charge is 0.190 e. The molecule has 2 heterocycles. The molecule has 0 radical (unpaired) electrons. The molecular weight excluding hydrogens is 435 g/mol. The summed E-state index contributed by atoms with van der Waals surface area (Å²) >= 11 is 12.9. The van der Waals surface area contributed by atoms with Gasteiger partial charge in [0.15, 0.2) is 17.7 Å². The Hall–Kier alpha value is -2.11. The molecule has 0 aromatic heterocycles. The molecule has 0 saturated heterocycles. The average molecular weight is 461 g/mol. The van der Waals surface area contributed by atoms with Gasteiger partial charge in [0, 0.05) is 28.5 Å². The van der Waals surface area contributed by atoms with Crippen LogP contribution in [0, 0.1) is 5.92 Å². The normalized spacial score (nSPS) is 23.0. The zero-order valence-electron chi connectivity index (χ0n) is 17.7. The summed E-state index contributed by atoms with van der Waals surface area (Å²) in [6.07, 6.45) is 6.69. The van der Waals surface area contributed by atoms with Crippen molar-refractivity contribution in [3.8, 4) is 17.2 Å². The zero-order chi connectivity index (χ0) is 21.5. The number of halogens is 2. The molecule has 2 aliphatic heterocycles.